The van der Waals surface area contributed by atoms with Crippen LogP contribution in [0.1, 0.15) is 12.0 Å². The fourth-order valence-corrected chi connectivity index (χ4v) is 7.57. The van der Waals surface area contributed by atoms with Gasteiger partial charge in [0, 0.05) is 43.9 Å². The van der Waals surface area contributed by atoms with Gasteiger partial charge in [0.25, 0.3) is 0 Å². The second-order valence-corrected chi connectivity index (χ2v) is 15.6. The molecular weight excluding hydrogens is 657 g/mol. The maximum Gasteiger partial charge on any atom is 0.229 e. The first-order valence-corrected chi connectivity index (χ1v) is 18.1. The second-order valence-electron chi connectivity index (χ2n) is 11.6. The number of hydrogen-bond donors (Lipinski definition) is 3. The van der Waals surface area contributed by atoms with Gasteiger partial charge in [-0.1, -0.05) is 0 Å². The number of benzene rings is 2. The van der Waals surface area contributed by atoms with Crippen LogP contribution in [0.5, 0.6) is 5.75 Å². The molecule has 0 aliphatic carbocycles. The predicted octanol–water partition coefficient (Wildman–Crippen LogP) is 5.00. The molecule has 3 aromatic heterocycles. The summed E-state index contributed by atoms with van der Waals surface area (Å²) in [6.45, 7) is 5.59. The van der Waals surface area contributed by atoms with E-state index in [9.17, 15) is 4.57 Å². The Morgan fingerprint density at radius 2 is 1.93 bits per heavy atom. The highest BCUT2D eigenvalue weighted by atomic mass is 79.9. The van der Waals surface area contributed by atoms with Crippen LogP contribution in [0, 0.1) is 0 Å². The van der Waals surface area contributed by atoms with E-state index in [0.29, 0.717) is 51.5 Å². The molecule has 232 valence electrons. The van der Waals surface area contributed by atoms with Crippen molar-refractivity contribution in [1.29, 1.82) is 0 Å². The van der Waals surface area contributed by atoms with E-state index in [1.54, 1.807) is 36.6 Å². The summed E-state index contributed by atoms with van der Waals surface area (Å²) in [6, 6.07) is 8.05. The van der Waals surface area contributed by atoms with E-state index in [1.165, 1.54) is 0 Å². The van der Waals surface area contributed by atoms with Crippen LogP contribution in [-0.2, 0) is 22.8 Å². The summed E-state index contributed by atoms with van der Waals surface area (Å²) >= 11 is 3.59. The van der Waals surface area contributed by atoms with E-state index < -0.39 is 7.14 Å². The highest BCUT2D eigenvalue weighted by Crippen LogP contribution is 2.43. The standard InChI is InChI=1S/C31H33BrN9O3P/c1-41-16-20(14-37-41)19-12-18-4-7-26(25-17-43-11-10-34-25)44-28(18)24(13-19)39-31-36-15-21(32)30(40-31)38-23-6-5-22-27(35-9-8-33-22)29(23)45(2,3)42/h5-6,8-9,12-16,25-26,34H,4,7,10-11,17H2,1-3H3,(H2,36,38,39,40). The summed E-state index contributed by atoms with van der Waals surface area (Å²) in [5.41, 5.74) is 5.80. The van der Waals surface area contributed by atoms with Gasteiger partial charge in [-0.15, -0.1) is 0 Å². The number of halogens is 1. The van der Waals surface area contributed by atoms with Gasteiger partial charge in [0.2, 0.25) is 5.95 Å². The van der Waals surface area contributed by atoms with E-state index in [4.69, 9.17) is 14.5 Å². The van der Waals surface area contributed by atoms with Gasteiger partial charge in [-0.2, -0.15) is 10.1 Å². The average Bonchev–Trinajstić information content (AvgIpc) is 3.48. The van der Waals surface area contributed by atoms with E-state index in [-0.39, 0.29) is 12.1 Å². The van der Waals surface area contributed by atoms with Gasteiger partial charge in [-0.05, 0) is 77.5 Å². The van der Waals surface area contributed by atoms with E-state index in [0.717, 1.165) is 47.5 Å². The minimum absolute atomic E-state index is 0.0288. The normalized spacial score (nSPS) is 18.3. The molecular formula is C31H33BrN9O3P. The quantitative estimate of drug-likeness (QED) is 0.199. The number of nitrogens with one attached hydrogen (secondary N) is 3. The van der Waals surface area contributed by atoms with Crippen molar-refractivity contribution in [2.45, 2.75) is 25.0 Å². The average molecular weight is 691 g/mol. The molecule has 3 N–H and O–H groups in total. The van der Waals surface area contributed by atoms with Gasteiger partial charge in [0.1, 0.15) is 30.3 Å². The summed E-state index contributed by atoms with van der Waals surface area (Å²) in [5, 5.41) is 15.3. The van der Waals surface area contributed by atoms with E-state index in [1.807, 2.05) is 37.6 Å². The first-order valence-electron chi connectivity index (χ1n) is 14.7. The molecule has 1 saturated heterocycles. The molecule has 2 aliphatic heterocycles. The fourth-order valence-electron chi connectivity index (χ4n) is 5.89. The topological polar surface area (TPSA) is 141 Å². The van der Waals surface area contributed by atoms with Crippen molar-refractivity contribution in [3.63, 3.8) is 0 Å². The zero-order valence-corrected chi connectivity index (χ0v) is 27.6. The van der Waals surface area contributed by atoms with Gasteiger partial charge < -0.3 is 30.0 Å². The Kier molecular flexibility index (Phi) is 8.03. The maximum absolute atomic E-state index is 13.5. The second kappa shape index (κ2) is 12.1. The van der Waals surface area contributed by atoms with Crippen molar-refractivity contribution < 1.29 is 14.0 Å². The molecule has 2 atom stereocenters. The number of morpholine rings is 1. The lowest BCUT2D eigenvalue weighted by Gasteiger charge is -2.35. The van der Waals surface area contributed by atoms with Crippen molar-refractivity contribution in [3.05, 3.63) is 65.3 Å². The lowest BCUT2D eigenvalue weighted by molar-refractivity contribution is 0.0213. The van der Waals surface area contributed by atoms with Crippen LogP contribution in [0.2, 0.25) is 0 Å². The SMILES string of the molecule is Cn1cc(-c2cc3c(c(Nc4ncc(Br)c(Nc5ccc6nccnc6c5P(C)(C)=O)n4)c2)OC(C2COCCN2)CC3)cn1. The molecule has 45 heavy (non-hydrogen) atoms. The van der Waals surface area contributed by atoms with Crippen LogP contribution in [0.25, 0.3) is 22.2 Å². The number of rotatable bonds is 7. The third-order valence-corrected chi connectivity index (χ3v) is 10.1. The number of anilines is 4. The molecule has 12 nitrogen and oxygen atoms in total. The lowest BCUT2D eigenvalue weighted by atomic mass is 9.94. The first kappa shape index (κ1) is 29.8. The molecule has 0 radical (unpaired) electrons. The van der Waals surface area contributed by atoms with Gasteiger partial charge >= 0.3 is 0 Å². The Morgan fingerprint density at radius 1 is 1.07 bits per heavy atom. The molecule has 5 aromatic rings. The van der Waals surface area contributed by atoms with Crippen molar-refractivity contribution in [3.8, 4) is 16.9 Å². The van der Waals surface area contributed by atoms with Crippen LogP contribution < -0.4 is 26.0 Å². The molecule has 0 amide bonds. The number of aromatic nitrogens is 6. The molecule has 2 unspecified atom stereocenters. The Balaban J connectivity index is 1.25. The zero-order chi connectivity index (χ0) is 31.1. The van der Waals surface area contributed by atoms with Crippen LogP contribution in [0.4, 0.5) is 23.1 Å². The van der Waals surface area contributed by atoms with Crippen molar-refractivity contribution in [2.75, 3.05) is 43.7 Å². The first-order chi connectivity index (χ1) is 21.7. The molecule has 0 bridgehead atoms. The van der Waals surface area contributed by atoms with Gasteiger partial charge in [-0.25, -0.2) is 4.98 Å². The van der Waals surface area contributed by atoms with E-state index in [2.05, 4.69) is 58.0 Å². The Hall–Kier alpha value is -3.90. The number of hydrogen-bond acceptors (Lipinski definition) is 11. The molecule has 1 fully saturated rings. The smallest absolute Gasteiger partial charge is 0.229 e. The van der Waals surface area contributed by atoms with Crippen molar-refractivity contribution in [1.82, 2.24) is 35.0 Å². The summed E-state index contributed by atoms with van der Waals surface area (Å²) in [6.07, 6.45) is 10.5. The summed E-state index contributed by atoms with van der Waals surface area (Å²) < 4.78 is 28.3. The maximum atomic E-state index is 13.5. The lowest BCUT2D eigenvalue weighted by Crippen LogP contribution is -2.51. The summed E-state index contributed by atoms with van der Waals surface area (Å²) in [5.74, 6) is 1.65. The van der Waals surface area contributed by atoms with Gasteiger partial charge in [0.15, 0.2) is 0 Å². The number of aryl methyl sites for hydroxylation is 2. The zero-order valence-electron chi connectivity index (χ0n) is 25.1. The highest BCUT2D eigenvalue weighted by Gasteiger charge is 2.31. The van der Waals surface area contributed by atoms with Crippen molar-refractivity contribution >= 4 is 62.6 Å². The Labute approximate surface area is 268 Å². The van der Waals surface area contributed by atoms with Crippen LogP contribution in [-0.4, -0.2) is 75.0 Å². The number of fused-ring (bicyclic) bond motifs is 2. The molecule has 2 aliphatic rings. The molecule has 5 heterocycles. The fraction of sp³-hybridized carbons (Fsp3) is 0.323. The number of nitrogens with zero attached hydrogens (tertiary/aromatic N) is 6. The minimum atomic E-state index is -2.76. The highest BCUT2D eigenvalue weighted by molar-refractivity contribution is 9.10. The van der Waals surface area contributed by atoms with Gasteiger partial charge in [0.05, 0.1) is 52.1 Å². The monoisotopic (exact) mass is 689 g/mol. The molecule has 14 heteroatoms. The third kappa shape index (κ3) is 6.17. The third-order valence-electron chi connectivity index (χ3n) is 7.97. The predicted molar refractivity (Wildman–Crippen MR) is 179 cm³/mol. The van der Waals surface area contributed by atoms with Crippen LogP contribution in [0.3, 0.4) is 0 Å². The van der Waals surface area contributed by atoms with Crippen LogP contribution in [0.15, 0.2) is 59.7 Å². The van der Waals surface area contributed by atoms with E-state index >= 15 is 0 Å². The molecule has 0 saturated carbocycles. The Morgan fingerprint density at radius 3 is 2.71 bits per heavy atom. The van der Waals surface area contributed by atoms with Crippen molar-refractivity contribution in [2.24, 2.45) is 7.05 Å². The minimum Gasteiger partial charge on any atom is -0.486 e. The Bertz CT molecular complexity index is 1940. The molecule has 0 spiro atoms. The number of ether oxygens (including phenoxy) is 2. The molecule has 7 rings (SSSR count). The van der Waals surface area contributed by atoms with Gasteiger partial charge in [-0.3, -0.25) is 14.6 Å². The van der Waals surface area contributed by atoms with Crippen LogP contribution >= 0.6 is 23.1 Å². The summed E-state index contributed by atoms with van der Waals surface area (Å²) in [4.78, 5) is 18.3. The largest absolute Gasteiger partial charge is 0.486 e. The summed E-state index contributed by atoms with van der Waals surface area (Å²) in [7, 11) is -0.857. The molecule has 2 aromatic carbocycles.